The van der Waals surface area contributed by atoms with Crippen molar-refractivity contribution < 1.29 is 13.9 Å². The Morgan fingerprint density at radius 1 is 1.19 bits per heavy atom. The number of aromatic nitrogens is 3. The fourth-order valence-electron chi connectivity index (χ4n) is 2.98. The molecule has 0 bridgehead atoms. The summed E-state index contributed by atoms with van der Waals surface area (Å²) in [6.45, 7) is 7.73. The molecule has 1 heterocycles. The summed E-state index contributed by atoms with van der Waals surface area (Å²) in [5.41, 5.74) is 1.51. The van der Waals surface area contributed by atoms with E-state index in [9.17, 15) is 9.18 Å². The highest BCUT2D eigenvalue weighted by atomic mass is 35.5. The average Bonchev–Trinajstić information content (AvgIpc) is 3.16. The number of carbonyl (C=O) groups is 1. The molecule has 0 spiro atoms. The lowest BCUT2D eigenvalue weighted by Gasteiger charge is -2.19. The zero-order valence-corrected chi connectivity index (χ0v) is 19.3. The Kier molecular flexibility index (Phi) is 7.56. The van der Waals surface area contributed by atoms with Gasteiger partial charge in [-0.3, -0.25) is 4.79 Å². The second-order valence-electron chi connectivity index (χ2n) is 7.27. The fraction of sp³-hybridized carbons (Fsp3) is 0.318. The minimum absolute atomic E-state index is 0.0602. The number of anilines is 1. The largest absolute Gasteiger partial charge is 0.483 e. The zero-order valence-electron chi connectivity index (χ0n) is 17.7. The predicted octanol–water partition coefficient (Wildman–Crippen LogP) is 5.83. The first-order valence-corrected chi connectivity index (χ1v) is 11.2. The molecule has 3 rings (SSSR count). The van der Waals surface area contributed by atoms with Crippen molar-refractivity contribution >= 4 is 35.0 Å². The van der Waals surface area contributed by atoms with Gasteiger partial charge in [-0.25, -0.2) is 4.39 Å². The molecule has 2 aromatic carbocycles. The van der Waals surface area contributed by atoms with Gasteiger partial charge >= 0.3 is 0 Å². The van der Waals surface area contributed by atoms with E-state index >= 15 is 0 Å². The number of nitrogens with zero attached hydrogens (tertiary/aromatic N) is 3. The van der Waals surface area contributed by atoms with Gasteiger partial charge in [0.05, 0.1) is 5.75 Å². The molecule has 1 unspecified atom stereocenters. The van der Waals surface area contributed by atoms with Crippen LogP contribution in [0.2, 0.25) is 5.02 Å². The predicted molar refractivity (Wildman–Crippen MR) is 121 cm³/mol. The number of ether oxygens (including phenoxy) is 1. The molecule has 164 valence electrons. The fourth-order valence-corrected chi connectivity index (χ4v) is 4.03. The first kappa shape index (κ1) is 23.1. The molecule has 31 heavy (non-hydrogen) atoms. The molecule has 3 aromatic rings. The molecule has 0 aliphatic rings. The third-order valence-corrected chi connectivity index (χ3v) is 5.92. The number of rotatable bonds is 8. The summed E-state index contributed by atoms with van der Waals surface area (Å²) in [6, 6.07) is 11.3. The normalized spacial score (nSPS) is 12.1. The van der Waals surface area contributed by atoms with E-state index in [1.165, 1.54) is 23.9 Å². The van der Waals surface area contributed by atoms with E-state index in [1.807, 2.05) is 38.3 Å². The van der Waals surface area contributed by atoms with Crippen LogP contribution in [0.25, 0.3) is 0 Å². The first-order chi connectivity index (χ1) is 14.8. The van der Waals surface area contributed by atoms with Gasteiger partial charge in [-0.15, -0.1) is 10.2 Å². The molecule has 0 aliphatic heterocycles. The van der Waals surface area contributed by atoms with Crippen LogP contribution in [0.5, 0.6) is 5.75 Å². The molecule has 1 atom stereocenters. The number of hydrogen-bond acceptors (Lipinski definition) is 5. The van der Waals surface area contributed by atoms with Crippen molar-refractivity contribution in [3.63, 3.8) is 0 Å². The zero-order chi connectivity index (χ0) is 22.5. The van der Waals surface area contributed by atoms with E-state index in [0.29, 0.717) is 27.4 Å². The minimum Gasteiger partial charge on any atom is -0.483 e. The highest BCUT2D eigenvalue weighted by molar-refractivity contribution is 7.99. The van der Waals surface area contributed by atoms with Crippen LogP contribution in [0, 0.1) is 12.7 Å². The highest BCUT2D eigenvalue weighted by Crippen LogP contribution is 2.28. The summed E-state index contributed by atoms with van der Waals surface area (Å²) in [5, 5.41) is 12.6. The number of benzene rings is 2. The van der Waals surface area contributed by atoms with Gasteiger partial charge in [0.15, 0.2) is 17.1 Å². The molecular weight excluding hydrogens is 439 g/mol. The van der Waals surface area contributed by atoms with E-state index in [-0.39, 0.29) is 23.5 Å². The van der Waals surface area contributed by atoms with Crippen molar-refractivity contribution in [3.05, 3.63) is 64.7 Å². The van der Waals surface area contributed by atoms with Crippen molar-refractivity contribution in [2.75, 3.05) is 11.1 Å². The van der Waals surface area contributed by atoms with Crippen LogP contribution < -0.4 is 10.1 Å². The van der Waals surface area contributed by atoms with Crippen LogP contribution in [0.4, 0.5) is 10.1 Å². The summed E-state index contributed by atoms with van der Waals surface area (Å²) < 4.78 is 21.0. The molecule has 0 saturated carbocycles. The van der Waals surface area contributed by atoms with Gasteiger partial charge in [0.1, 0.15) is 11.6 Å². The Labute approximate surface area is 190 Å². The third kappa shape index (κ3) is 5.77. The van der Waals surface area contributed by atoms with Crippen LogP contribution in [0.15, 0.2) is 47.6 Å². The van der Waals surface area contributed by atoms with Crippen LogP contribution in [0.3, 0.4) is 0 Å². The van der Waals surface area contributed by atoms with Crippen molar-refractivity contribution in [2.24, 2.45) is 0 Å². The summed E-state index contributed by atoms with van der Waals surface area (Å²) in [7, 11) is 0. The molecule has 0 saturated heterocycles. The lowest BCUT2D eigenvalue weighted by Crippen LogP contribution is -2.17. The van der Waals surface area contributed by atoms with Crippen molar-refractivity contribution in [2.45, 2.75) is 45.0 Å². The number of thioether (sulfide) groups is 1. The number of hydrogen-bond donors (Lipinski definition) is 1. The topological polar surface area (TPSA) is 69.0 Å². The second kappa shape index (κ2) is 10.2. The van der Waals surface area contributed by atoms with Gasteiger partial charge in [0.2, 0.25) is 5.91 Å². The average molecular weight is 463 g/mol. The molecule has 1 amide bonds. The summed E-state index contributed by atoms with van der Waals surface area (Å²) >= 11 is 7.41. The Balaban J connectivity index is 1.69. The van der Waals surface area contributed by atoms with Crippen molar-refractivity contribution in [1.82, 2.24) is 14.8 Å². The molecular formula is C22H24ClFN4O2S. The smallest absolute Gasteiger partial charge is 0.234 e. The van der Waals surface area contributed by atoms with Crippen LogP contribution in [0.1, 0.15) is 44.3 Å². The molecule has 6 nitrogen and oxygen atoms in total. The van der Waals surface area contributed by atoms with Crippen molar-refractivity contribution in [3.8, 4) is 5.75 Å². The molecule has 9 heteroatoms. The monoisotopic (exact) mass is 462 g/mol. The maximum atomic E-state index is 13.1. The summed E-state index contributed by atoms with van der Waals surface area (Å²) in [4.78, 5) is 12.5. The van der Waals surface area contributed by atoms with Crippen LogP contribution in [-0.2, 0) is 4.79 Å². The lowest BCUT2D eigenvalue weighted by atomic mass is 10.2. The first-order valence-electron chi connectivity index (χ1n) is 9.81. The van der Waals surface area contributed by atoms with E-state index in [2.05, 4.69) is 15.5 Å². The summed E-state index contributed by atoms with van der Waals surface area (Å²) in [5.74, 6) is 0.857. The Hall–Kier alpha value is -2.58. The third-order valence-electron chi connectivity index (χ3n) is 4.57. The Morgan fingerprint density at radius 3 is 2.58 bits per heavy atom. The van der Waals surface area contributed by atoms with Gasteiger partial charge in [0, 0.05) is 16.8 Å². The van der Waals surface area contributed by atoms with E-state index in [0.717, 1.165) is 5.56 Å². The van der Waals surface area contributed by atoms with Crippen LogP contribution >= 0.6 is 23.4 Å². The Morgan fingerprint density at radius 2 is 1.90 bits per heavy atom. The molecule has 0 aliphatic carbocycles. The van der Waals surface area contributed by atoms with Gasteiger partial charge < -0.3 is 14.6 Å². The minimum atomic E-state index is -0.405. The SMILES string of the molecule is Cc1c(Cl)cccc1NC(=O)CSc1nnc(C(C)Oc2ccc(F)cc2)n1C(C)C. The number of halogens is 2. The molecule has 0 fully saturated rings. The quantitative estimate of drug-likeness (QED) is 0.426. The van der Waals surface area contributed by atoms with Crippen LogP contribution in [-0.4, -0.2) is 26.4 Å². The Bertz CT molecular complexity index is 1060. The summed E-state index contributed by atoms with van der Waals surface area (Å²) in [6.07, 6.45) is -0.405. The number of amides is 1. The van der Waals surface area contributed by atoms with Crippen molar-refractivity contribution in [1.29, 1.82) is 0 Å². The maximum absolute atomic E-state index is 13.1. The van der Waals surface area contributed by atoms with E-state index < -0.39 is 6.10 Å². The highest BCUT2D eigenvalue weighted by Gasteiger charge is 2.22. The molecule has 1 aromatic heterocycles. The molecule has 1 N–H and O–H groups in total. The lowest BCUT2D eigenvalue weighted by molar-refractivity contribution is -0.113. The van der Waals surface area contributed by atoms with Gasteiger partial charge in [-0.2, -0.15) is 0 Å². The standard InChI is InChI=1S/C22H24ClFN4O2S/c1-13(2)28-21(15(4)30-17-10-8-16(24)9-11-17)26-27-22(28)31-12-20(29)25-19-7-5-6-18(23)14(19)3/h5-11,13,15H,12H2,1-4H3,(H,25,29). The number of carbonyl (C=O) groups excluding carboxylic acids is 1. The second-order valence-corrected chi connectivity index (χ2v) is 8.62. The maximum Gasteiger partial charge on any atom is 0.234 e. The van der Waals surface area contributed by atoms with Gasteiger partial charge in [0.25, 0.3) is 0 Å². The molecule has 0 radical (unpaired) electrons. The number of nitrogens with one attached hydrogen (secondary N) is 1. The van der Waals surface area contributed by atoms with Gasteiger partial charge in [-0.1, -0.05) is 29.4 Å². The van der Waals surface area contributed by atoms with Gasteiger partial charge in [-0.05, 0) is 69.7 Å². The van der Waals surface area contributed by atoms with E-state index in [4.69, 9.17) is 16.3 Å². The van der Waals surface area contributed by atoms with E-state index in [1.54, 1.807) is 24.3 Å².